The summed E-state index contributed by atoms with van der Waals surface area (Å²) in [5.74, 6) is 0. The molecule has 0 heterocycles. The van der Waals surface area contributed by atoms with Crippen molar-refractivity contribution < 1.29 is 5.11 Å². The third kappa shape index (κ3) is 2.63. The highest BCUT2D eigenvalue weighted by atomic mass is 16.3. The summed E-state index contributed by atoms with van der Waals surface area (Å²) < 4.78 is 0. The second kappa shape index (κ2) is 4.08. The molecule has 0 aromatic heterocycles. The van der Waals surface area contributed by atoms with Gasteiger partial charge in [-0.05, 0) is 31.1 Å². The zero-order chi connectivity index (χ0) is 9.03. The maximum atomic E-state index is 9.46. The SMILES string of the molecule is CC[C@@]1(C)CC/C=C\[C@@H](O)CC1. The summed E-state index contributed by atoms with van der Waals surface area (Å²) in [5.41, 5.74) is 0.464. The molecule has 0 bridgehead atoms. The van der Waals surface area contributed by atoms with E-state index >= 15 is 0 Å². The highest BCUT2D eigenvalue weighted by Crippen LogP contribution is 2.34. The van der Waals surface area contributed by atoms with E-state index in [1.54, 1.807) is 0 Å². The number of aliphatic hydroxyl groups excluding tert-OH is 1. The molecule has 0 saturated heterocycles. The summed E-state index contributed by atoms with van der Waals surface area (Å²) in [7, 11) is 0. The zero-order valence-corrected chi connectivity index (χ0v) is 8.21. The smallest absolute Gasteiger partial charge is 0.0721 e. The molecule has 0 aromatic rings. The molecule has 0 amide bonds. The molecule has 1 N–H and O–H groups in total. The van der Waals surface area contributed by atoms with Crippen LogP contribution in [0.25, 0.3) is 0 Å². The summed E-state index contributed by atoms with van der Waals surface area (Å²) >= 11 is 0. The van der Waals surface area contributed by atoms with Gasteiger partial charge in [-0.15, -0.1) is 0 Å². The molecule has 70 valence electrons. The zero-order valence-electron chi connectivity index (χ0n) is 8.21. The molecule has 0 spiro atoms. The van der Waals surface area contributed by atoms with E-state index in [2.05, 4.69) is 19.9 Å². The second-order valence-corrected chi connectivity index (χ2v) is 4.24. The number of rotatable bonds is 1. The predicted molar refractivity (Wildman–Crippen MR) is 52.0 cm³/mol. The first kappa shape index (κ1) is 9.79. The van der Waals surface area contributed by atoms with Gasteiger partial charge in [-0.2, -0.15) is 0 Å². The maximum Gasteiger partial charge on any atom is 0.0721 e. The number of hydrogen-bond donors (Lipinski definition) is 1. The minimum atomic E-state index is -0.198. The summed E-state index contributed by atoms with van der Waals surface area (Å²) in [6.07, 6.45) is 9.58. The first-order valence-corrected chi connectivity index (χ1v) is 5.01. The van der Waals surface area contributed by atoms with Gasteiger partial charge < -0.3 is 5.11 Å². The van der Waals surface area contributed by atoms with E-state index in [-0.39, 0.29) is 6.10 Å². The van der Waals surface area contributed by atoms with Gasteiger partial charge >= 0.3 is 0 Å². The van der Waals surface area contributed by atoms with Crippen molar-refractivity contribution in [3.63, 3.8) is 0 Å². The fraction of sp³-hybridized carbons (Fsp3) is 0.818. The third-order valence-electron chi connectivity index (χ3n) is 3.17. The van der Waals surface area contributed by atoms with E-state index in [1.165, 1.54) is 12.8 Å². The molecule has 2 atom stereocenters. The lowest BCUT2D eigenvalue weighted by molar-refractivity contribution is 0.162. The van der Waals surface area contributed by atoms with Crippen LogP contribution in [0.4, 0.5) is 0 Å². The molecular weight excluding hydrogens is 148 g/mol. The Morgan fingerprint density at radius 1 is 1.50 bits per heavy atom. The van der Waals surface area contributed by atoms with E-state index in [0.29, 0.717) is 5.41 Å². The van der Waals surface area contributed by atoms with Crippen molar-refractivity contribution in [2.75, 3.05) is 0 Å². The topological polar surface area (TPSA) is 20.2 Å². The molecule has 1 aliphatic rings. The second-order valence-electron chi connectivity index (χ2n) is 4.24. The maximum absolute atomic E-state index is 9.46. The van der Waals surface area contributed by atoms with Gasteiger partial charge in [0.15, 0.2) is 0 Å². The Balaban J connectivity index is 2.54. The Labute approximate surface area is 75.5 Å². The summed E-state index contributed by atoms with van der Waals surface area (Å²) in [6, 6.07) is 0. The lowest BCUT2D eigenvalue weighted by Gasteiger charge is -2.29. The third-order valence-corrected chi connectivity index (χ3v) is 3.17. The van der Waals surface area contributed by atoms with Gasteiger partial charge in [-0.25, -0.2) is 0 Å². The molecule has 1 rings (SSSR count). The Morgan fingerprint density at radius 2 is 2.25 bits per heavy atom. The highest BCUT2D eigenvalue weighted by molar-refractivity contribution is 4.93. The van der Waals surface area contributed by atoms with Crippen LogP contribution in [0.1, 0.15) is 46.0 Å². The fourth-order valence-electron chi connectivity index (χ4n) is 1.76. The Morgan fingerprint density at radius 3 is 2.92 bits per heavy atom. The molecule has 0 aliphatic heterocycles. The average Bonchev–Trinajstić information content (AvgIpc) is 2.07. The summed E-state index contributed by atoms with van der Waals surface area (Å²) in [4.78, 5) is 0. The van der Waals surface area contributed by atoms with Gasteiger partial charge in [0.25, 0.3) is 0 Å². The van der Waals surface area contributed by atoms with Gasteiger partial charge in [0.1, 0.15) is 0 Å². The van der Waals surface area contributed by atoms with Crippen LogP contribution in [0.5, 0.6) is 0 Å². The largest absolute Gasteiger partial charge is 0.389 e. The molecule has 0 unspecified atom stereocenters. The van der Waals surface area contributed by atoms with Gasteiger partial charge in [0, 0.05) is 0 Å². The quantitative estimate of drug-likeness (QED) is 0.597. The van der Waals surface area contributed by atoms with Crippen LogP contribution in [0.2, 0.25) is 0 Å². The van der Waals surface area contributed by atoms with Crippen LogP contribution in [-0.2, 0) is 0 Å². The van der Waals surface area contributed by atoms with E-state index in [9.17, 15) is 5.11 Å². The van der Waals surface area contributed by atoms with Crippen LogP contribution in [0.3, 0.4) is 0 Å². The van der Waals surface area contributed by atoms with Crippen LogP contribution >= 0.6 is 0 Å². The molecular formula is C11H20O. The molecule has 12 heavy (non-hydrogen) atoms. The molecule has 1 aliphatic carbocycles. The Bertz CT molecular complexity index is 162. The predicted octanol–water partition coefficient (Wildman–Crippen LogP) is 2.89. The van der Waals surface area contributed by atoms with E-state index in [0.717, 1.165) is 19.3 Å². The van der Waals surface area contributed by atoms with Crippen molar-refractivity contribution in [1.29, 1.82) is 0 Å². The average molecular weight is 168 g/mol. The summed E-state index contributed by atoms with van der Waals surface area (Å²) in [6.45, 7) is 4.58. The monoisotopic (exact) mass is 168 g/mol. The Kier molecular flexibility index (Phi) is 3.33. The molecule has 0 aromatic carbocycles. The minimum Gasteiger partial charge on any atom is -0.389 e. The van der Waals surface area contributed by atoms with Gasteiger partial charge in [-0.1, -0.05) is 32.4 Å². The van der Waals surface area contributed by atoms with Gasteiger partial charge in [0.2, 0.25) is 0 Å². The van der Waals surface area contributed by atoms with Crippen LogP contribution in [0, 0.1) is 5.41 Å². The normalized spacial score (nSPS) is 40.1. The van der Waals surface area contributed by atoms with Crippen molar-refractivity contribution in [2.24, 2.45) is 5.41 Å². The van der Waals surface area contributed by atoms with Gasteiger partial charge in [-0.3, -0.25) is 0 Å². The van der Waals surface area contributed by atoms with E-state index in [4.69, 9.17) is 0 Å². The lowest BCUT2D eigenvalue weighted by atomic mass is 9.77. The molecule has 1 heteroatoms. The molecule has 0 fully saturated rings. The first-order valence-electron chi connectivity index (χ1n) is 5.01. The van der Waals surface area contributed by atoms with Crippen molar-refractivity contribution in [3.05, 3.63) is 12.2 Å². The lowest BCUT2D eigenvalue weighted by Crippen LogP contribution is -2.19. The van der Waals surface area contributed by atoms with Crippen LogP contribution in [0.15, 0.2) is 12.2 Å². The minimum absolute atomic E-state index is 0.198. The Hall–Kier alpha value is -0.300. The van der Waals surface area contributed by atoms with Crippen molar-refractivity contribution in [1.82, 2.24) is 0 Å². The van der Waals surface area contributed by atoms with Crippen LogP contribution < -0.4 is 0 Å². The number of hydrogen-bond acceptors (Lipinski definition) is 1. The fourth-order valence-corrected chi connectivity index (χ4v) is 1.76. The van der Waals surface area contributed by atoms with Gasteiger partial charge in [0.05, 0.1) is 6.10 Å². The van der Waals surface area contributed by atoms with E-state index in [1.807, 2.05) is 6.08 Å². The standard InChI is InChI=1S/C11H20O/c1-3-11(2)8-5-4-6-10(12)7-9-11/h4,6,10,12H,3,5,7-9H2,1-2H3/b6-4-/t10-,11+/m1/s1. The van der Waals surface area contributed by atoms with Crippen molar-refractivity contribution in [2.45, 2.75) is 52.1 Å². The van der Waals surface area contributed by atoms with E-state index < -0.39 is 0 Å². The number of aliphatic hydroxyl groups is 1. The first-order chi connectivity index (χ1) is 5.66. The highest BCUT2D eigenvalue weighted by Gasteiger charge is 2.22. The number of allylic oxidation sites excluding steroid dienone is 1. The molecule has 0 radical (unpaired) electrons. The van der Waals surface area contributed by atoms with Crippen LogP contribution in [-0.4, -0.2) is 11.2 Å². The molecule has 0 saturated carbocycles. The summed E-state index contributed by atoms with van der Waals surface area (Å²) in [5, 5.41) is 9.46. The van der Waals surface area contributed by atoms with Crippen molar-refractivity contribution >= 4 is 0 Å². The molecule has 1 nitrogen and oxygen atoms in total. The van der Waals surface area contributed by atoms with Crippen molar-refractivity contribution in [3.8, 4) is 0 Å².